The number of hydrogen-bond acceptors (Lipinski definition) is 10. The second-order valence-corrected chi connectivity index (χ2v) is 13.2. The Labute approximate surface area is 489 Å². The number of aromatic amines is 1. The van der Waals surface area contributed by atoms with Crippen LogP contribution in [0.25, 0.3) is 33.7 Å². The first kappa shape index (κ1) is 60.7. The number of carbonyl (C=O) groups is 1. The number of pyridine rings is 1. The summed E-state index contributed by atoms with van der Waals surface area (Å²) in [5, 5.41) is 32.2. The molecule has 6 heterocycles. The first-order valence-electron chi connectivity index (χ1n) is 16.9. The Morgan fingerprint density at radius 1 is 0.800 bits per heavy atom. The van der Waals surface area contributed by atoms with Crippen LogP contribution in [0.3, 0.4) is 0 Å². The molecule has 16 nitrogen and oxygen atoms in total. The smallest absolute Gasteiger partial charge is 1.00 e. The minimum atomic E-state index is -5.02. The van der Waals surface area contributed by atoms with Crippen molar-refractivity contribution in [2.24, 2.45) is 0 Å². The third-order valence-corrected chi connectivity index (χ3v) is 8.31. The van der Waals surface area contributed by atoms with Crippen LogP contribution in [0.1, 0.15) is 36.9 Å². The van der Waals surface area contributed by atoms with Crippen LogP contribution in [0.5, 0.6) is 0 Å². The van der Waals surface area contributed by atoms with E-state index in [2.05, 4.69) is 25.1 Å². The van der Waals surface area contributed by atoms with Crippen molar-refractivity contribution in [2.45, 2.75) is 71.0 Å². The van der Waals surface area contributed by atoms with Crippen molar-refractivity contribution in [2.75, 3.05) is 4.43 Å². The van der Waals surface area contributed by atoms with Crippen LogP contribution in [-0.4, -0.2) is 66.1 Å². The topological polar surface area (TPSA) is 209 Å². The van der Waals surface area contributed by atoms with E-state index in [4.69, 9.17) is 20.6 Å². The summed E-state index contributed by atoms with van der Waals surface area (Å²) in [4.78, 5) is 42.8. The molecule has 31 heteroatoms. The summed E-state index contributed by atoms with van der Waals surface area (Å²) >= 11 is 1.99. The molecule has 0 atom stereocenters. The zero-order chi connectivity index (χ0) is 47.7. The monoisotopic (exact) mass is 1290 g/mol. The number of aryl methyl sites for hydroxylation is 4. The number of fused-ring (bicyclic) bond motifs is 2. The molecule has 6 aromatic heterocycles. The molecule has 342 valence electrons. The maximum absolute atomic E-state index is 13.6. The second kappa shape index (κ2) is 25.9. The predicted molar refractivity (Wildman–Crippen MR) is 199 cm³/mol. The SMILES string of the molecule is Cc1cn2c(=O)c(-c3cnn(CCC(F)(F)F)c3)c(C(F)(F)F)cc2[nH]1.Cc1cn2c(=O)c(-c3cnn(CCC(F)(F)F)c3)c(C(F)(F)F)nc2n1CC#N.N#CCI.O=CO[O-].[Cs+].[Cs+].[H-]. The fourth-order valence-electron chi connectivity index (χ4n) is 5.47. The Hall–Kier alpha value is -2.27. The van der Waals surface area contributed by atoms with Crippen LogP contribution in [0.2, 0.25) is 0 Å². The van der Waals surface area contributed by atoms with Gasteiger partial charge in [0.2, 0.25) is 5.78 Å². The summed E-state index contributed by atoms with van der Waals surface area (Å²) in [7, 11) is 0. The van der Waals surface area contributed by atoms with E-state index in [9.17, 15) is 62.3 Å². The Morgan fingerprint density at radius 3 is 1.69 bits per heavy atom. The van der Waals surface area contributed by atoms with E-state index in [0.717, 1.165) is 53.6 Å². The molecular weight excluding hydrogens is 1260 g/mol. The van der Waals surface area contributed by atoms with E-state index in [1.165, 1.54) is 19.3 Å². The fourth-order valence-corrected chi connectivity index (χ4v) is 5.47. The summed E-state index contributed by atoms with van der Waals surface area (Å²) in [5.41, 5.74) is -5.91. The van der Waals surface area contributed by atoms with Gasteiger partial charge in [0, 0.05) is 60.4 Å². The third-order valence-electron chi connectivity index (χ3n) is 7.96. The quantitative estimate of drug-likeness (QED) is 0.0556. The van der Waals surface area contributed by atoms with Crippen molar-refractivity contribution >= 4 is 40.5 Å². The molecule has 0 radical (unpaired) electrons. The maximum atomic E-state index is 13.6. The maximum Gasteiger partial charge on any atom is 1.00 e. The predicted octanol–water partition coefficient (Wildman–Crippen LogP) is 0.434. The van der Waals surface area contributed by atoms with Crippen LogP contribution >= 0.6 is 22.6 Å². The van der Waals surface area contributed by atoms with E-state index in [-0.39, 0.29) is 175 Å². The van der Waals surface area contributed by atoms with Gasteiger partial charge in [-0.1, -0.05) is 22.6 Å². The normalized spacial score (nSPS) is 11.4. The fraction of sp³-hybridized carbons (Fsp3) is 0.353. The molecule has 0 unspecified atom stereocenters. The van der Waals surface area contributed by atoms with Crippen LogP contribution in [0, 0.1) is 36.5 Å². The Balaban J connectivity index is 0.00000106. The number of hydrogen-bond donors (Lipinski definition) is 1. The zero-order valence-electron chi connectivity index (χ0n) is 34.8. The van der Waals surface area contributed by atoms with Gasteiger partial charge in [0.05, 0.1) is 58.5 Å². The van der Waals surface area contributed by atoms with Gasteiger partial charge in [-0.2, -0.15) is 73.4 Å². The summed E-state index contributed by atoms with van der Waals surface area (Å²) in [6.45, 7) is 1.40. The third kappa shape index (κ3) is 17.3. The van der Waals surface area contributed by atoms with E-state index in [1.54, 1.807) is 13.0 Å². The molecule has 6 aromatic rings. The summed E-state index contributed by atoms with van der Waals surface area (Å²) in [6.07, 6.45) is -14.8. The zero-order valence-corrected chi connectivity index (χ0v) is 48.5. The van der Waals surface area contributed by atoms with Gasteiger partial charge >= 0.3 is 162 Å². The standard InChI is InChI=1S/C16H12F6N6O.C15H12F6N4O.C2H2IN.CH2O3.2Cs.H/c1-9-7-28-13(29)11(10-6-24-26(8-10)4-2-15(17,18)19)12(16(20,21)22)25-14(28)27(9)5-3-23;1-8-6-25-11(23-8)4-10(15(19,20)21)12(13(25)26)9-5-22-24(7-9)3-2-14(16,17)18;3-1-2-4;2-1-4-3;;;/h6-8H,2,4-5H2,1H3;4-7,23H,2-3H2,1H3;1H2;1,3H;;;/q;;;;2*+1;-1/p-1. The Bertz CT molecular complexity index is 2750. The van der Waals surface area contributed by atoms with Crippen molar-refractivity contribution in [3.05, 3.63) is 86.6 Å². The van der Waals surface area contributed by atoms with Gasteiger partial charge in [-0.15, -0.1) is 0 Å². The second-order valence-electron chi connectivity index (χ2n) is 12.5. The number of nitrogens with zero attached hydrogens (tertiary/aromatic N) is 10. The molecule has 0 spiro atoms. The minimum absolute atomic E-state index is 0. The van der Waals surface area contributed by atoms with Crippen molar-refractivity contribution in [1.29, 1.82) is 10.5 Å². The molecule has 0 amide bonds. The Kier molecular flexibility index (Phi) is 24.2. The number of aromatic nitrogens is 9. The van der Waals surface area contributed by atoms with Gasteiger partial charge in [0.1, 0.15) is 12.2 Å². The van der Waals surface area contributed by atoms with Crippen molar-refractivity contribution in [3.8, 4) is 34.4 Å². The average Bonchev–Trinajstić information content (AvgIpc) is 3.99. The number of imidazole rings is 2. The summed E-state index contributed by atoms with van der Waals surface area (Å²) in [6, 6.07) is 4.48. The first-order chi connectivity index (χ1) is 29.2. The minimum Gasteiger partial charge on any atom is -1.00 e. The largest absolute Gasteiger partial charge is 1.00 e. The van der Waals surface area contributed by atoms with Crippen LogP contribution in [0.4, 0.5) is 52.7 Å². The van der Waals surface area contributed by atoms with Gasteiger partial charge in [-0.3, -0.25) is 32.5 Å². The molecule has 0 bridgehead atoms. The molecule has 0 saturated heterocycles. The average molecular weight is 1290 g/mol. The van der Waals surface area contributed by atoms with Crippen molar-refractivity contribution in [1.82, 2.24) is 42.9 Å². The molecule has 0 aliphatic rings. The van der Waals surface area contributed by atoms with Crippen molar-refractivity contribution in [3.63, 3.8) is 0 Å². The molecule has 0 saturated carbocycles. The summed E-state index contributed by atoms with van der Waals surface area (Å²) < 4.78 is 160. The number of nitriles is 2. The molecule has 6 rings (SSSR count). The van der Waals surface area contributed by atoms with E-state index in [1.807, 2.05) is 28.7 Å². The molecule has 1 N–H and O–H groups in total. The van der Waals surface area contributed by atoms with Gasteiger partial charge in [0.15, 0.2) is 5.69 Å². The van der Waals surface area contributed by atoms with E-state index < -0.39 is 84.1 Å². The number of halogens is 13. The number of nitrogens with one attached hydrogen (secondary N) is 1. The van der Waals surface area contributed by atoms with Crippen LogP contribution in [-0.2, 0) is 41.7 Å². The van der Waals surface area contributed by atoms with E-state index in [0.29, 0.717) is 15.8 Å². The van der Waals surface area contributed by atoms with E-state index >= 15 is 0 Å². The number of carbonyl (C=O) groups excluding carboxylic acids is 1. The van der Waals surface area contributed by atoms with Gasteiger partial charge in [-0.05, 0) is 19.9 Å². The molecule has 0 aliphatic carbocycles. The summed E-state index contributed by atoms with van der Waals surface area (Å²) in [5.74, 6) is -0.366. The first-order valence-corrected chi connectivity index (χ1v) is 18.5. The number of rotatable bonds is 8. The number of alkyl halides is 13. The van der Waals surface area contributed by atoms with Crippen molar-refractivity contribution < 1.29 is 207 Å². The molecule has 0 aliphatic heterocycles. The van der Waals surface area contributed by atoms with Gasteiger partial charge in [-0.25, -0.2) is 4.98 Å². The van der Waals surface area contributed by atoms with Gasteiger partial charge in [0.25, 0.3) is 17.6 Å². The van der Waals surface area contributed by atoms with Crippen LogP contribution in [0.15, 0.2) is 52.8 Å². The Morgan fingerprint density at radius 2 is 1.28 bits per heavy atom. The van der Waals surface area contributed by atoms with Crippen LogP contribution < -0.4 is 154 Å². The molecule has 65 heavy (non-hydrogen) atoms. The van der Waals surface area contributed by atoms with Gasteiger partial charge < -0.3 is 21.1 Å². The molecule has 0 fully saturated rings. The molecular formula is C34H28Cs2F12IN11O5. The number of H-pyrrole nitrogens is 1. The molecule has 0 aromatic carbocycles.